The number of piperidine rings is 1. The summed E-state index contributed by atoms with van der Waals surface area (Å²) >= 11 is 0. The zero-order chi connectivity index (χ0) is 17.6. The van der Waals surface area contributed by atoms with Gasteiger partial charge in [0, 0.05) is 24.7 Å². The summed E-state index contributed by atoms with van der Waals surface area (Å²) in [6.07, 6.45) is 1.54. The summed E-state index contributed by atoms with van der Waals surface area (Å²) in [5.41, 5.74) is 1.58. The molecule has 1 fully saturated rings. The number of carbonyl (C=O) groups is 2. The normalized spacial score (nSPS) is 17.2. The lowest BCUT2D eigenvalue weighted by atomic mass is 9.98. The minimum atomic E-state index is -0.262. The largest absolute Gasteiger partial charge is 0.469 e. The molecule has 1 aliphatic rings. The van der Waals surface area contributed by atoms with Crippen molar-refractivity contribution in [1.29, 1.82) is 0 Å². The van der Waals surface area contributed by atoms with Crippen molar-refractivity contribution in [1.82, 2.24) is 15.4 Å². The van der Waals surface area contributed by atoms with Gasteiger partial charge >= 0.3 is 12.0 Å². The van der Waals surface area contributed by atoms with Crippen LogP contribution in [-0.4, -0.2) is 42.3 Å². The molecular formula is C18H21N3O4. The van der Waals surface area contributed by atoms with Crippen LogP contribution in [0.15, 0.2) is 40.9 Å². The number of urea groups is 1. The van der Waals surface area contributed by atoms with E-state index >= 15 is 0 Å². The predicted molar refractivity (Wildman–Crippen MR) is 90.5 cm³/mol. The second-order valence-electron chi connectivity index (χ2n) is 6.02. The smallest absolute Gasteiger partial charge is 0.317 e. The Labute approximate surface area is 145 Å². The van der Waals surface area contributed by atoms with Crippen LogP contribution in [0.3, 0.4) is 0 Å². The molecule has 1 aliphatic heterocycles. The van der Waals surface area contributed by atoms with E-state index in [1.54, 1.807) is 4.90 Å². The molecule has 0 unspecified atom stereocenters. The molecule has 0 bridgehead atoms. The summed E-state index contributed by atoms with van der Waals surface area (Å²) < 4.78 is 10.1. The van der Waals surface area contributed by atoms with Crippen molar-refractivity contribution in [3.63, 3.8) is 0 Å². The number of nitrogens with one attached hydrogen (secondary N) is 1. The van der Waals surface area contributed by atoms with Gasteiger partial charge in [0.25, 0.3) is 0 Å². The maximum atomic E-state index is 12.3. The summed E-state index contributed by atoms with van der Waals surface area (Å²) in [5, 5.41) is 6.81. The number of methoxy groups -OCH3 is 1. The number of aromatic nitrogens is 1. The van der Waals surface area contributed by atoms with E-state index in [1.165, 1.54) is 7.11 Å². The lowest BCUT2D eigenvalue weighted by Crippen LogP contribution is -2.47. The van der Waals surface area contributed by atoms with Crippen LogP contribution in [0.5, 0.6) is 0 Å². The zero-order valence-corrected chi connectivity index (χ0v) is 14.1. The van der Waals surface area contributed by atoms with Crippen molar-refractivity contribution in [3.8, 4) is 11.3 Å². The maximum Gasteiger partial charge on any atom is 0.317 e. The van der Waals surface area contributed by atoms with Crippen LogP contribution in [-0.2, 0) is 16.1 Å². The monoisotopic (exact) mass is 343 g/mol. The van der Waals surface area contributed by atoms with E-state index in [-0.39, 0.29) is 24.5 Å². The first-order valence-corrected chi connectivity index (χ1v) is 8.29. The maximum absolute atomic E-state index is 12.3. The molecule has 7 heteroatoms. The van der Waals surface area contributed by atoms with Crippen molar-refractivity contribution < 1.29 is 18.8 Å². The molecule has 0 radical (unpaired) electrons. The van der Waals surface area contributed by atoms with Gasteiger partial charge < -0.3 is 19.5 Å². The van der Waals surface area contributed by atoms with Crippen molar-refractivity contribution in [2.45, 2.75) is 19.4 Å². The van der Waals surface area contributed by atoms with Gasteiger partial charge in [-0.25, -0.2) is 4.79 Å². The van der Waals surface area contributed by atoms with Gasteiger partial charge in [0.05, 0.1) is 19.6 Å². The molecule has 3 rings (SSSR count). The number of nitrogens with zero attached hydrogens (tertiary/aromatic N) is 2. The number of amides is 2. The van der Waals surface area contributed by atoms with Crippen LogP contribution in [0.25, 0.3) is 11.3 Å². The van der Waals surface area contributed by atoms with Crippen molar-refractivity contribution in [3.05, 3.63) is 42.1 Å². The Morgan fingerprint density at radius 2 is 2.16 bits per heavy atom. The lowest BCUT2D eigenvalue weighted by molar-refractivity contribution is -0.146. The first kappa shape index (κ1) is 17.0. The molecule has 1 saturated heterocycles. The molecule has 2 amide bonds. The first-order chi connectivity index (χ1) is 12.2. The molecule has 7 nitrogen and oxygen atoms in total. The fourth-order valence-corrected chi connectivity index (χ4v) is 2.93. The molecule has 132 valence electrons. The SMILES string of the molecule is COC(=O)[C@@H]1CCCN(C(=O)NCc2cc(-c3ccccc3)on2)C1. The van der Waals surface area contributed by atoms with Crippen molar-refractivity contribution >= 4 is 12.0 Å². The van der Waals surface area contributed by atoms with E-state index in [9.17, 15) is 9.59 Å². The molecule has 25 heavy (non-hydrogen) atoms. The third-order valence-corrected chi connectivity index (χ3v) is 4.28. The highest BCUT2D eigenvalue weighted by atomic mass is 16.5. The second-order valence-corrected chi connectivity index (χ2v) is 6.02. The van der Waals surface area contributed by atoms with Gasteiger partial charge in [-0.2, -0.15) is 0 Å². The van der Waals surface area contributed by atoms with E-state index in [0.29, 0.717) is 24.5 Å². The molecule has 2 aromatic rings. The lowest BCUT2D eigenvalue weighted by Gasteiger charge is -2.31. The Morgan fingerprint density at radius 1 is 1.36 bits per heavy atom. The van der Waals surface area contributed by atoms with Crippen LogP contribution in [0.1, 0.15) is 18.5 Å². The van der Waals surface area contributed by atoms with E-state index in [4.69, 9.17) is 9.26 Å². The Kier molecular flexibility index (Phi) is 5.33. The number of ether oxygens (including phenoxy) is 1. The third kappa shape index (κ3) is 4.17. The number of hydrogen-bond acceptors (Lipinski definition) is 5. The average molecular weight is 343 g/mol. The summed E-state index contributed by atoms with van der Waals surface area (Å²) in [6, 6.07) is 11.2. The Balaban J connectivity index is 1.54. The molecule has 0 saturated carbocycles. The van der Waals surface area contributed by atoms with Crippen LogP contribution in [0.2, 0.25) is 0 Å². The van der Waals surface area contributed by atoms with Gasteiger partial charge in [-0.1, -0.05) is 35.5 Å². The van der Waals surface area contributed by atoms with Gasteiger partial charge in [0.15, 0.2) is 5.76 Å². The van der Waals surface area contributed by atoms with Crippen LogP contribution in [0, 0.1) is 5.92 Å². The summed E-state index contributed by atoms with van der Waals surface area (Å²) in [5.74, 6) is 0.149. The molecule has 1 aromatic heterocycles. The fourth-order valence-electron chi connectivity index (χ4n) is 2.93. The minimum absolute atomic E-state index is 0.210. The Hall–Kier alpha value is -2.83. The van der Waals surface area contributed by atoms with Gasteiger partial charge in [-0.05, 0) is 12.8 Å². The van der Waals surface area contributed by atoms with Crippen molar-refractivity contribution in [2.75, 3.05) is 20.2 Å². The summed E-state index contributed by atoms with van der Waals surface area (Å²) in [6.45, 7) is 1.29. The van der Waals surface area contributed by atoms with Gasteiger partial charge in [-0.15, -0.1) is 0 Å². The zero-order valence-electron chi connectivity index (χ0n) is 14.1. The van der Waals surface area contributed by atoms with E-state index < -0.39 is 0 Å². The topological polar surface area (TPSA) is 84.7 Å². The average Bonchev–Trinajstić information content (AvgIpc) is 3.15. The minimum Gasteiger partial charge on any atom is -0.469 e. The quantitative estimate of drug-likeness (QED) is 0.862. The van der Waals surface area contributed by atoms with Gasteiger partial charge in [0.1, 0.15) is 5.69 Å². The van der Waals surface area contributed by atoms with Gasteiger partial charge in [0.2, 0.25) is 0 Å². The number of esters is 1. The van der Waals surface area contributed by atoms with Crippen LogP contribution >= 0.6 is 0 Å². The highest BCUT2D eigenvalue weighted by molar-refractivity contribution is 5.77. The molecular weight excluding hydrogens is 322 g/mol. The first-order valence-electron chi connectivity index (χ1n) is 8.29. The number of benzene rings is 1. The number of likely N-dealkylation sites (tertiary alicyclic amines) is 1. The second kappa shape index (κ2) is 7.83. The Bertz CT molecular complexity index is 729. The molecule has 1 N–H and O–H groups in total. The molecule has 0 aliphatic carbocycles. The van der Waals surface area contributed by atoms with Gasteiger partial charge in [-0.3, -0.25) is 4.79 Å². The van der Waals surface area contributed by atoms with Crippen LogP contribution < -0.4 is 5.32 Å². The Morgan fingerprint density at radius 3 is 2.92 bits per heavy atom. The van der Waals surface area contributed by atoms with E-state index in [2.05, 4.69) is 10.5 Å². The van der Waals surface area contributed by atoms with E-state index in [1.807, 2.05) is 36.4 Å². The number of carbonyl (C=O) groups excluding carboxylic acids is 2. The summed E-state index contributed by atoms with van der Waals surface area (Å²) in [4.78, 5) is 25.6. The fraction of sp³-hybridized carbons (Fsp3) is 0.389. The predicted octanol–water partition coefficient (Wildman–Crippen LogP) is 2.44. The van der Waals surface area contributed by atoms with E-state index in [0.717, 1.165) is 18.4 Å². The van der Waals surface area contributed by atoms with Crippen LogP contribution in [0.4, 0.5) is 4.79 Å². The number of rotatable bonds is 4. The van der Waals surface area contributed by atoms with Crippen molar-refractivity contribution in [2.24, 2.45) is 5.92 Å². The third-order valence-electron chi connectivity index (χ3n) is 4.28. The molecule has 0 spiro atoms. The highest BCUT2D eigenvalue weighted by Gasteiger charge is 2.28. The molecule has 1 aromatic carbocycles. The standard InChI is InChI=1S/C18H21N3O4/c1-24-17(22)14-8-5-9-21(12-14)18(23)19-11-15-10-16(25-20-15)13-6-3-2-4-7-13/h2-4,6-7,10,14H,5,8-9,11-12H2,1H3,(H,19,23)/t14-/m1/s1. The molecule has 1 atom stereocenters. The number of hydrogen-bond donors (Lipinski definition) is 1. The molecule has 2 heterocycles. The highest BCUT2D eigenvalue weighted by Crippen LogP contribution is 2.20. The summed E-state index contributed by atoms with van der Waals surface area (Å²) in [7, 11) is 1.37.